The maximum absolute atomic E-state index is 13.0. The van der Waals surface area contributed by atoms with Crippen molar-refractivity contribution in [1.82, 2.24) is 0 Å². The Balaban J connectivity index is 1.91. The summed E-state index contributed by atoms with van der Waals surface area (Å²) in [4.78, 5) is 21.2. The average Bonchev–Trinajstić information content (AvgIpc) is 2.73. The highest BCUT2D eigenvalue weighted by Gasteiger charge is 2.27. The molecule has 3 aromatic rings. The van der Waals surface area contributed by atoms with Crippen molar-refractivity contribution in [3.63, 3.8) is 0 Å². The Hall–Kier alpha value is -3.92. The fourth-order valence-corrected chi connectivity index (χ4v) is 4.02. The molecule has 3 rings (SSSR count). The molecule has 0 spiro atoms. The first-order valence-corrected chi connectivity index (χ1v) is 10.0. The summed E-state index contributed by atoms with van der Waals surface area (Å²) in [7, 11) is -4.27. The summed E-state index contributed by atoms with van der Waals surface area (Å²) >= 11 is 0. The van der Waals surface area contributed by atoms with Gasteiger partial charge < -0.3 is 9.84 Å². The van der Waals surface area contributed by atoms with Crippen LogP contribution in [0.4, 0.5) is 11.4 Å². The summed E-state index contributed by atoms with van der Waals surface area (Å²) in [5, 5.41) is 20.0. The highest BCUT2D eigenvalue weighted by Crippen LogP contribution is 2.28. The molecular weight excluding hydrogens is 412 g/mol. The molecule has 0 aliphatic heterocycles. The maximum Gasteiger partial charge on any atom is 0.324 e. The lowest BCUT2D eigenvalue weighted by Gasteiger charge is -2.23. The molecule has 0 aromatic heterocycles. The van der Waals surface area contributed by atoms with E-state index in [2.05, 4.69) is 0 Å². The van der Waals surface area contributed by atoms with Crippen LogP contribution in [0.5, 0.6) is 11.5 Å². The van der Waals surface area contributed by atoms with Crippen molar-refractivity contribution in [2.24, 2.45) is 0 Å². The molecule has 154 valence electrons. The van der Waals surface area contributed by atoms with Crippen LogP contribution in [0.15, 0.2) is 83.8 Å². The van der Waals surface area contributed by atoms with Gasteiger partial charge in [0.2, 0.25) is 0 Å². The number of sulfonamides is 1. The van der Waals surface area contributed by atoms with Gasteiger partial charge in [0.1, 0.15) is 18.0 Å². The van der Waals surface area contributed by atoms with Crippen LogP contribution in [0, 0.1) is 10.1 Å². The zero-order valence-corrected chi connectivity index (χ0v) is 16.2. The number of anilines is 1. The molecule has 0 heterocycles. The van der Waals surface area contributed by atoms with E-state index in [0.717, 1.165) is 24.3 Å². The first kappa shape index (κ1) is 20.8. The van der Waals surface area contributed by atoms with Crippen molar-refractivity contribution in [2.75, 3.05) is 10.8 Å². The molecule has 0 amide bonds. The fraction of sp³-hybridized carbons (Fsp3) is 0.0500. The molecular formula is C20H16N2O7S. The number of rotatable bonds is 8. The molecule has 10 heteroatoms. The van der Waals surface area contributed by atoms with E-state index in [4.69, 9.17) is 4.74 Å². The Morgan fingerprint density at radius 3 is 2.03 bits per heavy atom. The van der Waals surface area contributed by atoms with E-state index in [1.165, 1.54) is 24.3 Å². The normalized spacial score (nSPS) is 10.9. The van der Waals surface area contributed by atoms with Gasteiger partial charge in [-0.3, -0.25) is 19.2 Å². The van der Waals surface area contributed by atoms with Gasteiger partial charge in [0.05, 0.1) is 15.5 Å². The molecule has 0 bridgehead atoms. The maximum atomic E-state index is 13.0. The number of carboxylic acids is 1. The Labute approximate surface area is 172 Å². The van der Waals surface area contributed by atoms with Crippen LogP contribution in [0.25, 0.3) is 0 Å². The first-order chi connectivity index (χ1) is 14.3. The molecule has 0 fully saturated rings. The minimum absolute atomic E-state index is 0.108. The summed E-state index contributed by atoms with van der Waals surface area (Å²) in [5.74, 6) is -0.329. The van der Waals surface area contributed by atoms with Gasteiger partial charge in [-0.05, 0) is 48.5 Å². The minimum Gasteiger partial charge on any atom is -0.480 e. The Morgan fingerprint density at radius 1 is 0.933 bits per heavy atom. The number of carboxylic acid groups (broad SMARTS) is 1. The van der Waals surface area contributed by atoms with Crippen LogP contribution in [0.2, 0.25) is 0 Å². The highest BCUT2D eigenvalue weighted by molar-refractivity contribution is 7.92. The standard InChI is InChI=1S/C20H16N2O7S/c23-20(24)14-21(30(27,28)19-12-8-16(9-13-19)22(25)26)15-6-10-18(11-7-15)29-17-4-2-1-3-5-17/h1-13H,14H2,(H,23,24). The first-order valence-electron chi connectivity index (χ1n) is 8.59. The quantitative estimate of drug-likeness (QED) is 0.428. The molecule has 0 saturated carbocycles. The summed E-state index contributed by atoms with van der Waals surface area (Å²) < 4.78 is 32.3. The number of benzene rings is 3. The average molecular weight is 428 g/mol. The van der Waals surface area contributed by atoms with Gasteiger partial charge in [-0.15, -0.1) is 0 Å². The zero-order chi connectivity index (χ0) is 21.7. The van der Waals surface area contributed by atoms with Gasteiger partial charge in [-0.1, -0.05) is 18.2 Å². The van der Waals surface area contributed by atoms with E-state index < -0.39 is 27.5 Å². The molecule has 9 nitrogen and oxygen atoms in total. The van der Waals surface area contributed by atoms with Crippen LogP contribution in [0.3, 0.4) is 0 Å². The second kappa shape index (κ2) is 8.62. The van der Waals surface area contributed by atoms with Crippen molar-refractivity contribution >= 4 is 27.4 Å². The summed E-state index contributed by atoms with van der Waals surface area (Å²) in [6, 6.07) is 19.0. The van der Waals surface area contributed by atoms with Crippen LogP contribution >= 0.6 is 0 Å². The predicted molar refractivity (Wildman–Crippen MR) is 108 cm³/mol. The number of nitro benzene ring substituents is 1. The van der Waals surface area contributed by atoms with Gasteiger partial charge in [-0.25, -0.2) is 8.42 Å². The van der Waals surface area contributed by atoms with E-state index in [1.807, 2.05) is 6.07 Å². The van der Waals surface area contributed by atoms with Crippen LogP contribution in [-0.4, -0.2) is 31.0 Å². The SMILES string of the molecule is O=C(O)CN(c1ccc(Oc2ccccc2)cc1)S(=O)(=O)c1ccc([N+](=O)[O-])cc1. The number of aliphatic carboxylic acids is 1. The second-order valence-corrected chi connectivity index (χ2v) is 7.93. The van der Waals surface area contributed by atoms with Crippen LogP contribution < -0.4 is 9.04 Å². The topological polar surface area (TPSA) is 127 Å². The van der Waals surface area contributed by atoms with E-state index in [1.54, 1.807) is 24.3 Å². The number of nitro groups is 1. The van der Waals surface area contributed by atoms with Gasteiger partial charge in [0.15, 0.2) is 0 Å². The second-order valence-electron chi connectivity index (χ2n) is 6.07. The monoisotopic (exact) mass is 428 g/mol. The van der Waals surface area contributed by atoms with Gasteiger partial charge >= 0.3 is 5.97 Å². The lowest BCUT2D eigenvalue weighted by molar-refractivity contribution is -0.384. The molecule has 0 unspecified atom stereocenters. The molecule has 0 aliphatic rings. The summed E-state index contributed by atoms with van der Waals surface area (Å²) in [6.07, 6.45) is 0. The van der Waals surface area contributed by atoms with Gasteiger partial charge in [-0.2, -0.15) is 0 Å². The van der Waals surface area contributed by atoms with Crippen LogP contribution in [0.1, 0.15) is 0 Å². The highest BCUT2D eigenvalue weighted by atomic mass is 32.2. The van der Waals surface area contributed by atoms with E-state index in [-0.39, 0.29) is 16.3 Å². The molecule has 0 atom stereocenters. The Bertz CT molecular complexity index is 1150. The summed E-state index contributed by atoms with van der Waals surface area (Å²) in [5.41, 5.74) is -0.169. The lowest BCUT2D eigenvalue weighted by Crippen LogP contribution is -2.35. The third-order valence-electron chi connectivity index (χ3n) is 4.02. The number of para-hydroxylation sites is 1. The number of hydrogen-bond acceptors (Lipinski definition) is 6. The van der Waals surface area contributed by atoms with Crippen LogP contribution in [-0.2, 0) is 14.8 Å². The number of nitrogens with zero attached hydrogens (tertiary/aromatic N) is 2. The van der Waals surface area contributed by atoms with E-state index >= 15 is 0 Å². The van der Waals surface area contributed by atoms with Crippen molar-refractivity contribution in [1.29, 1.82) is 0 Å². The van der Waals surface area contributed by atoms with E-state index in [0.29, 0.717) is 15.8 Å². The van der Waals surface area contributed by atoms with E-state index in [9.17, 15) is 28.4 Å². The predicted octanol–water partition coefficient (Wildman–Crippen LogP) is 3.67. The minimum atomic E-state index is -4.27. The third kappa shape index (κ3) is 4.73. The number of carbonyl (C=O) groups is 1. The molecule has 1 N–H and O–H groups in total. The number of ether oxygens (including phenoxy) is 1. The Kier molecular flexibility index (Phi) is 5.98. The largest absolute Gasteiger partial charge is 0.480 e. The number of non-ortho nitro benzene ring substituents is 1. The molecule has 30 heavy (non-hydrogen) atoms. The molecule has 0 saturated heterocycles. The lowest BCUT2D eigenvalue weighted by atomic mass is 10.3. The van der Waals surface area contributed by atoms with Crippen molar-refractivity contribution < 1.29 is 28.0 Å². The van der Waals surface area contributed by atoms with Gasteiger partial charge in [0, 0.05) is 12.1 Å². The Morgan fingerprint density at radius 2 is 1.50 bits per heavy atom. The smallest absolute Gasteiger partial charge is 0.324 e. The summed E-state index contributed by atoms with van der Waals surface area (Å²) in [6.45, 7) is -0.821. The molecule has 3 aromatic carbocycles. The van der Waals surface area contributed by atoms with Crippen molar-refractivity contribution in [3.05, 3.63) is 89.0 Å². The molecule has 0 aliphatic carbocycles. The zero-order valence-electron chi connectivity index (χ0n) is 15.4. The molecule has 0 radical (unpaired) electrons. The van der Waals surface area contributed by atoms with Crippen molar-refractivity contribution in [3.8, 4) is 11.5 Å². The fourth-order valence-electron chi connectivity index (χ4n) is 2.61. The third-order valence-corrected chi connectivity index (χ3v) is 5.81. The van der Waals surface area contributed by atoms with Crippen molar-refractivity contribution in [2.45, 2.75) is 4.90 Å². The number of hydrogen-bond donors (Lipinski definition) is 1. The van der Waals surface area contributed by atoms with Gasteiger partial charge in [0.25, 0.3) is 15.7 Å².